The Hall–Kier alpha value is -4.25. The number of anilines is 1. The summed E-state index contributed by atoms with van der Waals surface area (Å²) in [6, 6.07) is 17.6. The van der Waals surface area contributed by atoms with Gasteiger partial charge in [-0.3, -0.25) is 13.9 Å². The van der Waals surface area contributed by atoms with E-state index < -0.39 is 28.5 Å². The van der Waals surface area contributed by atoms with Gasteiger partial charge in [-0.25, -0.2) is 8.42 Å². The van der Waals surface area contributed by atoms with Crippen LogP contribution in [0.4, 0.5) is 5.69 Å². The molecule has 4 rings (SSSR count). The summed E-state index contributed by atoms with van der Waals surface area (Å²) in [6.45, 7) is 3.27. The molecule has 0 saturated heterocycles. The lowest BCUT2D eigenvalue weighted by atomic mass is 10.1. The third-order valence-corrected chi connectivity index (χ3v) is 9.93. The number of sulfonamides is 1. The Balaban J connectivity index is 1.75. The maximum atomic E-state index is 14.4. The fourth-order valence-corrected chi connectivity index (χ4v) is 6.97. The van der Waals surface area contributed by atoms with Crippen molar-refractivity contribution in [3.63, 3.8) is 0 Å². The molecule has 0 aliphatic heterocycles. The number of methoxy groups -OCH3 is 3. The fraction of sp³-hybridized carbons (Fsp3) is 0.412. The lowest BCUT2D eigenvalue weighted by molar-refractivity contribution is -0.140. The normalized spacial score (nSPS) is 14.0. The van der Waals surface area contributed by atoms with Crippen LogP contribution in [0.15, 0.2) is 71.6 Å². The van der Waals surface area contributed by atoms with Gasteiger partial charge in [-0.1, -0.05) is 49.6 Å². The van der Waals surface area contributed by atoms with E-state index >= 15 is 0 Å². The Bertz CT molecular complexity index is 1550. The van der Waals surface area contributed by atoms with E-state index in [2.05, 4.69) is 5.32 Å². The average Bonchev–Trinajstić information content (AvgIpc) is 3.56. The quantitative estimate of drug-likeness (QED) is 0.262. The Morgan fingerprint density at radius 2 is 1.53 bits per heavy atom. The zero-order valence-electron chi connectivity index (χ0n) is 26.6. The SMILES string of the molecule is CCC(C(=O)NC1CCCC1)N(Cc1ccc(OC)cc1)C(=O)CN(c1ccc(OC)c(OC)c1)S(=O)(=O)c1ccc(C)cc1. The first kappa shape index (κ1) is 33.6. The third kappa shape index (κ3) is 8.08. The number of hydrogen-bond acceptors (Lipinski definition) is 7. The van der Waals surface area contributed by atoms with Crippen LogP contribution in [0, 0.1) is 6.92 Å². The topological polar surface area (TPSA) is 114 Å². The molecule has 10 nitrogen and oxygen atoms in total. The zero-order chi connectivity index (χ0) is 32.6. The highest BCUT2D eigenvalue weighted by Gasteiger charge is 2.35. The number of ether oxygens (including phenoxy) is 3. The van der Waals surface area contributed by atoms with Crippen molar-refractivity contribution in [2.75, 3.05) is 32.2 Å². The Kier molecular flexibility index (Phi) is 11.3. The molecule has 0 bridgehead atoms. The minimum Gasteiger partial charge on any atom is -0.497 e. The molecule has 1 atom stereocenters. The van der Waals surface area contributed by atoms with Crippen LogP contribution >= 0.6 is 0 Å². The standard InChI is InChI=1S/C34H43N3O7S/c1-6-30(34(39)35-26-9-7-8-10-26)36(22-25-13-16-28(42-3)17-14-25)33(38)23-37(27-15-20-31(43-4)32(21-27)44-5)45(40,41)29-18-11-24(2)12-19-29/h11-21,26,30H,6-10,22-23H2,1-5H3,(H,35,39). The number of carbonyl (C=O) groups excluding carboxylic acids is 2. The van der Waals surface area contributed by atoms with Gasteiger partial charge in [0.25, 0.3) is 10.0 Å². The van der Waals surface area contributed by atoms with Gasteiger partial charge in [0.2, 0.25) is 11.8 Å². The van der Waals surface area contributed by atoms with Crippen molar-refractivity contribution < 1.29 is 32.2 Å². The molecule has 1 unspecified atom stereocenters. The maximum Gasteiger partial charge on any atom is 0.264 e. The van der Waals surface area contributed by atoms with Crippen molar-refractivity contribution in [1.82, 2.24) is 10.2 Å². The Labute approximate surface area is 266 Å². The Morgan fingerprint density at radius 3 is 2.11 bits per heavy atom. The summed E-state index contributed by atoms with van der Waals surface area (Å²) in [4.78, 5) is 29.5. The van der Waals surface area contributed by atoms with Crippen LogP contribution in [-0.2, 0) is 26.2 Å². The summed E-state index contributed by atoms with van der Waals surface area (Å²) in [6.07, 6.45) is 4.25. The van der Waals surface area contributed by atoms with E-state index in [1.165, 1.54) is 37.3 Å². The smallest absolute Gasteiger partial charge is 0.264 e. The summed E-state index contributed by atoms with van der Waals surface area (Å²) in [7, 11) is 0.289. The lowest BCUT2D eigenvalue weighted by Gasteiger charge is -2.34. The number of carbonyl (C=O) groups is 2. The van der Waals surface area contributed by atoms with E-state index in [4.69, 9.17) is 14.2 Å². The molecular formula is C34H43N3O7S. The maximum absolute atomic E-state index is 14.4. The van der Waals surface area contributed by atoms with Crippen molar-refractivity contribution in [3.05, 3.63) is 77.9 Å². The van der Waals surface area contributed by atoms with Gasteiger partial charge in [-0.15, -0.1) is 0 Å². The van der Waals surface area contributed by atoms with E-state index in [0.717, 1.165) is 41.1 Å². The molecule has 0 spiro atoms. The molecule has 0 heterocycles. The molecule has 1 saturated carbocycles. The molecular weight excluding hydrogens is 594 g/mol. The first-order valence-electron chi connectivity index (χ1n) is 15.2. The largest absolute Gasteiger partial charge is 0.497 e. The minimum atomic E-state index is -4.22. The second-order valence-electron chi connectivity index (χ2n) is 11.1. The predicted molar refractivity (Wildman–Crippen MR) is 173 cm³/mol. The average molecular weight is 638 g/mol. The van der Waals surface area contributed by atoms with Crippen LogP contribution in [0.1, 0.15) is 50.2 Å². The number of aryl methyl sites for hydroxylation is 1. The molecule has 0 radical (unpaired) electrons. The van der Waals surface area contributed by atoms with E-state index in [1.807, 2.05) is 26.0 Å². The van der Waals surface area contributed by atoms with Crippen LogP contribution in [0.3, 0.4) is 0 Å². The van der Waals surface area contributed by atoms with Gasteiger partial charge >= 0.3 is 0 Å². The molecule has 3 aromatic rings. The van der Waals surface area contributed by atoms with Gasteiger partial charge in [0.15, 0.2) is 11.5 Å². The van der Waals surface area contributed by atoms with E-state index in [0.29, 0.717) is 23.7 Å². The number of hydrogen-bond donors (Lipinski definition) is 1. The zero-order valence-corrected chi connectivity index (χ0v) is 27.4. The molecule has 242 valence electrons. The van der Waals surface area contributed by atoms with E-state index in [-0.39, 0.29) is 29.1 Å². The van der Waals surface area contributed by atoms with Crippen molar-refractivity contribution in [1.29, 1.82) is 0 Å². The van der Waals surface area contributed by atoms with Crippen molar-refractivity contribution >= 4 is 27.5 Å². The highest BCUT2D eigenvalue weighted by atomic mass is 32.2. The fourth-order valence-electron chi connectivity index (χ4n) is 5.56. The summed E-state index contributed by atoms with van der Waals surface area (Å²) < 4.78 is 45.5. The molecule has 2 amide bonds. The van der Waals surface area contributed by atoms with Crippen LogP contribution < -0.4 is 23.8 Å². The van der Waals surface area contributed by atoms with Gasteiger partial charge in [-0.05, 0) is 68.1 Å². The molecule has 0 aromatic heterocycles. The van der Waals surface area contributed by atoms with Crippen LogP contribution in [0.2, 0.25) is 0 Å². The molecule has 1 N–H and O–H groups in total. The first-order valence-corrected chi connectivity index (χ1v) is 16.6. The van der Waals surface area contributed by atoms with Crippen molar-refractivity contribution in [3.8, 4) is 17.2 Å². The summed E-state index contributed by atoms with van der Waals surface area (Å²) in [5.41, 5.74) is 1.89. The van der Waals surface area contributed by atoms with Crippen molar-refractivity contribution in [2.24, 2.45) is 0 Å². The summed E-state index contributed by atoms with van der Waals surface area (Å²) in [5.74, 6) is 0.613. The van der Waals surface area contributed by atoms with Crippen LogP contribution in [-0.4, -0.2) is 65.1 Å². The number of benzene rings is 3. The summed E-state index contributed by atoms with van der Waals surface area (Å²) >= 11 is 0. The molecule has 1 fully saturated rings. The van der Waals surface area contributed by atoms with E-state index in [9.17, 15) is 18.0 Å². The van der Waals surface area contributed by atoms with Gasteiger partial charge in [-0.2, -0.15) is 0 Å². The number of nitrogens with one attached hydrogen (secondary N) is 1. The van der Waals surface area contributed by atoms with Gasteiger partial charge in [0.1, 0.15) is 18.3 Å². The molecule has 1 aliphatic rings. The minimum absolute atomic E-state index is 0.0309. The van der Waals surface area contributed by atoms with E-state index in [1.54, 1.807) is 43.5 Å². The van der Waals surface area contributed by atoms with Crippen LogP contribution in [0.25, 0.3) is 0 Å². The van der Waals surface area contributed by atoms with Crippen molar-refractivity contribution in [2.45, 2.75) is 69.5 Å². The second kappa shape index (κ2) is 15.2. The number of amides is 2. The summed E-state index contributed by atoms with van der Waals surface area (Å²) in [5, 5.41) is 3.13. The molecule has 11 heteroatoms. The van der Waals surface area contributed by atoms with Crippen LogP contribution in [0.5, 0.6) is 17.2 Å². The van der Waals surface area contributed by atoms with Gasteiger partial charge < -0.3 is 24.4 Å². The highest BCUT2D eigenvalue weighted by molar-refractivity contribution is 7.92. The number of rotatable bonds is 14. The highest BCUT2D eigenvalue weighted by Crippen LogP contribution is 2.34. The first-order chi connectivity index (χ1) is 21.6. The molecule has 45 heavy (non-hydrogen) atoms. The monoisotopic (exact) mass is 637 g/mol. The Morgan fingerprint density at radius 1 is 0.889 bits per heavy atom. The third-order valence-electron chi connectivity index (χ3n) is 8.14. The second-order valence-corrected chi connectivity index (χ2v) is 13.0. The predicted octanol–water partition coefficient (Wildman–Crippen LogP) is 5.08. The molecule has 1 aliphatic carbocycles. The molecule has 3 aromatic carbocycles. The lowest BCUT2D eigenvalue weighted by Crippen LogP contribution is -2.53. The number of nitrogens with zero attached hydrogens (tertiary/aromatic N) is 2. The van der Waals surface area contributed by atoms with Gasteiger partial charge in [0.05, 0.1) is 31.9 Å². The van der Waals surface area contributed by atoms with Gasteiger partial charge in [0, 0.05) is 18.7 Å².